The van der Waals surface area contributed by atoms with E-state index in [0.29, 0.717) is 0 Å². The standard InChI is InChI=1S/C15H21N3/c1-15(2,3)16-9-10-18-12-14(11-17-18)13-7-5-4-6-8-13/h4-8,11-12,16H,9-10H2,1-3H3. The fourth-order valence-electron chi connectivity index (χ4n) is 1.81. The lowest BCUT2D eigenvalue weighted by atomic mass is 10.1. The third-order valence-electron chi connectivity index (χ3n) is 2.74. The quantitative estimate of drug-likeness (QED) is 0.894. The van der Waals surface area contributed by atoms with Crippen molar-refractivity contribution in [2.75, 3.05) is 6.54 Å². The lowest BCUT2D eigenvalue weighted by molar-refractivity contribution is 0.405. The summed E-state index contributed by atoms with van der Waals surface area (Å²) in [6, 6.07) is 10.3. The van der Waals surface area contributed by atoms with Gasteiger partial charge in [0.15, 0.2) is 0 Å². The Morgan fingerprint density at radius 2 is 1.83 bits per heavy atom. The van der Waals surface area contributed by atoms with Crippen LogP contribution >= 0.6 is 0 Å². The molecule has 18 heavy (non-hydrogen) atoms. The van der Waals surface area contributed by atoms with Crippen molar-refractivity contribution in [1.29, 1.82) is 0 Å². The molecule has 3 heteroatoms. The third kappa shape index (κ3) is 3.70. The first kappa shape index (κ1) is 12.8. The van der Waals surface area contributed by atoms with Crippen LogP contribution in [0.25, 0.3) is 11.1 Å². The Labute approximate surface area is 109 Å². The van der Waals surface area contributed by atoms with E-state index in [2.05, 4.69) is 49.5 Å². The Balaban J connectivity index is 1.95. The molecule has 1 aromatic carbocycles. The topological polar surface area (TPSA) is 29.9 Å². The summed E-state index contributed by atoms with van der Waals surface area (Å²) in [7, 11) is 0. The highest BCUT2D eigenvalue weighted by molar-refractivity contribution is 5.61. The van der Waals surface area contributed by atoms with Crippen LogP contribution in [-0.4, -0.2) is 21.9 Å². The van der Waals surface area contributed by atoms with E-state index in [1.807, 2.05) is 29.1 Å². The number of rotatable bonds is 4. The Bertz CT molecular complexity index is 480. The third-order valence-corrected chi connectivity index (χ3v) is 2.74. The SMILES string of the molecule is CC(C)(C)NCCn1cc(-c2ccccc2)cn1. The van der Waals surface area contributed by atoms with Crippen molar-refractivity contribution < 1.29 is 0 Å². The number of nitrogens with one attached hydrogen (secondary N) is 1. The largest absolute Gasteiger partial charge is 0.310 e. The molecule has 0 radical (unpaired) electrons. The maximum absolute atomic E-state index is 4.39. The predicted octanol–water partition coefficient (Wildman–Crippen LogP) is 2.94. The molecule has 0 aliphatic rings. The molecule has 0 saturated heterocycles. The molecule has 0 fully saturated rings. The predicted molar refractivity (Wildman–Crippen MR) is 75.4 cm³/mol. The Morgan fingerprint density at radius 3 is 2.50 bits per heavy atom. The van der Waals surface area contributed by atoms with Gasteiger partial charge >= 0.3 is 0 Å². The van der Waals surface area contributed by atoms with Gasteiger partial charge in [0, 0.05) is 23.8 Å². The molecule has 1 heterocycles. The molecule has 0 saturated carbocycles. The Morgan fingerprint density at radius 1 is 1.11 bits per heavy atom. The smallest absolute Gasteiger partial charge is 0.0568 e. The number of benzene rings is 1. The van der Waals surface area contributed by atoms with E-state index < -0.39 is 0 Å². The second-order valence-electron chi connectivity index (χ2n) is 5.53. The molecule has 0 spiro atoms. The second-order valence-corrected chi connectivity index (χ2v) is 5.53. The van der Waals surface area contributed by atoms with E-state index in [-0.39, 0.29) is 5.54 Å². The Hall–Kier alpha value is -1.61. The summed E-state index contributed by atoms with van der Waals surface area (Å²) >= 11 is 0. The number of aromatic nitrogens is 2. The molecule has 96 valence electrons. The van der Waals surface area contributed by atoms with Crippen LogP contribution in [0, 0.1) is 0 Å². The molecule has 1 N–H and O–H groups in total. The minimum absolute atomic E-state index is 0.162. The van der Waals surface area contributed by atoms with Gasteiger partial charge in [0.1, 0.15) is 0 Å². The minimum Gasteiger partial charge on any atom is -0.310 e. The molecule has 0 aliphatic heterocycles. The highest BCUT2D eigenvalue weighted by Crippen LogP contribution is 2.17. The molecule has 2 rings (SSSR count). The normalized spacial score (nSPS) is 11.7. The first-order valence-corrected chi connectivity index (χ1v) is 6.37. The van der Waals surface area contributed by atoms with E-state index in [1.54, 1.807) is 0 Å². The lowest BCUT2D eigenvalue weighted by Gasteiger charge is -2.20. The van der Waals surface area contributed by atoms with Crippen LogP contribution in [0.3, 0.4) is 0 Å². The highest BCUT2D eigenvalue weighted by Gasteiger charge is 2.08. The van der Waals surface area contributed by atoms with Gasteiger partial charge in [-0.05, 0) is 26.3 Å². The van der Waals surface area contributed by atoms with E-state index in [4.69, 9.17) is 0 Å². The van der Waals surface area contributed by atoms with Crippen molar-refractivity contribution in [3.8, 4) is 11.1 Å². The van der Waals surface area contributed by atoms with Crippen LogP contribution in [-0.2, 0) is 6.54 Å². The van der Waals surface area contributed by atoms with Crippen LogP contribution in [0.4, 0.5) is 0 Å². The average Bonchev–Trinajstić information content (AvgIpc) is 2.77. The molecule has 1 aromatic heterocycles. The van der Waals surface area contributed by atoms with Gasteiger partial charge in [-0.15, -0.1) is 0 Å². The maximum Gasteiger partial charge on any atom is 0.0568 e. The number of hydrogen-bond acceptors (Lipinski definition) is 2. The summed E-state index contributed by atoms with van der Waals surface area (Å²) < 4.78 is 1.99. The van der Waals surface area contributed by atoms with Crippen molar-refractivity contribution in [1.82, 2.24) is 15.1 Å². The van der Waals surface area contributed by atoms with Crippen molar-refractivity contribution in [3.05, 3.63) is 42.7 Å². The first-order valence-electron chi connectivity index (χ1n) is 6.37. The van der Waals surface area contributed by atoms with Crippen molar-refractivity contribution in [2.24, 2.45) is 0 Å². The molecule has 0 unspecified atom stereocenters. The average molecular weight is 243 g/mol. The summed E-state index contributed by atoms with van der Waals surface area (Å²) in [6.07, 6.45) is 4.02. The van der Waals surface area contributed by atoms with Gasteiger partial charge in [0.25, 0.3) is 0 Å². The molecule has 0 aliphatic carbocycles. The van der Waals surface area contributed by atoms with Crippen molar-refractivity contribution >= 4 is 0 Å². The summed E-state index contributed by atoms with van der Waals surface area (Å²) in [5, 5.41) is 7.85. The van der Waals surface area contributed by atoms with Crippen molar-refractivity contribution in [2.45, 2.75) is 32.9 Å². The molecule has 3 nitrogen and oxygen atoms in total. The zero-order valence-electron chi connectivity index (χ0n) is 11.4. The summed E-state index contributed by atoms with van der Waals surface area (Å²) in [5.74, 6) is 0. The summed E-state index contributed by atoms with van der Waals surface area (Å²) in [5.41, 5.74) is 2.55. The fraction of sp³-hybridized carbons (Fsp3) is 0.400. The second kappa shape index (κ2) is 5.36. The molecule has 2 aromatic rings. The molecule has 0 amide bonds. The van der Waals surface area contributed by atoms with Gasteiger partial charge in [0.2, 0.25) is 0 Å². The van der Waals surface area contributed by atoms with Crippen LogP contribution in [0.1, 0.15) is 20.8 Å². The van der Waals surface area contributed by atoms with E-state index in [0.717, 1.165) is 13.1 Å². The fourth-order valence-corrected chi connectivity index (χ4v) is 1.81. The van der Waals surface area contributed by atoms with E-state index >= 15 is 0 Å². The summed E-state index contributed by atoms with van der Waals surface area (Å²) in [6.45, 7) is 8.34. The van der Waals surface area contributed by atoms with Crippen molar-refractivity contribution in [3.63, 3.8) is 0 Å². The van der Waals surface area contributed by atoms with Gasteiger partial charge in [-0.25, -0.2) is 0 Å². The zero-order chi connectivity index (χ0) is 13.0. The Kier molecular flexibility index (Phi) is 3.82. The minimum atomic E-state index is 0.162. The van der Waals surface area contributed by atoms with Gasteiger partial charge in [-0.1, -0.05) is 30.3 Å². The zero-order valence-corrected chi connectivity index (χ0v) is 11.4. The molecule has 0 atom stereocenters. The lowest BCUT2D eigenvalue weighted by Crippen LogP contribution is -2.37. The molecular weight excluding hydrogens is 222 g/mol. The van der Waals surface area contributed by atoms with E-state index in [9.17, 15) is 0 Å². The number of hydrogen-bond donors (Lipinski definition) is 1. The van der Waals surface area contributed by atoms with Gasteiger partial charge < -0.3 is 5.32 Å². The maximum atomic E-state index is 4.39. The molecule has 0 bridgehead atoms. The van der Waals surface area contributed by atoms with Crippen LogP contribution in [0.2, 0.25) is 0 Å². The van der Waals surface area contributed by atoms with Gasteiger partial charge in [-0.2, -0.15) is 5.10 Å². The van der Waals surface area contributed by atoms with Gasteiger partial charge in [0.05, 0.1) is 12.7 Å². The number of nitrogens with zero attached hydrogens (tertiary/aromatic N) is 2. The first-order chi connectivity index (χ1) is 8.54. The van der Waals surface area contributed by atoms with Crippen LogP contribution in [0.5, 0.6) is 0 Å². The highest BCUT2D eigenvalue weighted by atomic mass is 15.3. The monoisotopic (exact) mass is 243 g/mol. The summed E-state index contributed by atoms with van der Waals surface area (Å²) in [4.78, 5) is 0. The van der Waals surface area contributed by atoms with Crippen LogP contribution in [0.15, 0.2) is 42.7 Å². The van der Waals surface area contributed by atoms with E-state index in [1.165, 1.54) is 11.1 Å². The molecular formula is C15H21N3. The van der Waals surface area contributed by atoms with Gasteiger partial charge in [-0.3, -0.25) is 4.68 Å². The van der Waals surface area contributed by atoms with Crippen LogP contribution < -0.4 is 5.32 Å².